The Labute approximate surface area is 154 Å². The van der Waals surface area contributed by atoms with E-state index in [9.17, 15) is 14.9 Å². The number of carbonyl (C=O) groups excluding carboxylic acids is 1. The highest BCUT2D eigenvalue weighted by Crippen LogP contribution is 2.30. The molecule has 27 heavy (non-hydrogen) atoms. The minimum absolute atomic E-state index is 0.153. The van der Waals surface area contributed by atoms with Gasteiger partial charge >= 0.3 is 0 Å². The van der Waals surface area contributed by atoms with Crippen molar-refractivity contribution in [1.29, 1.82) is 0 Å². The molecule has 0 aliphatic carbocycles. The molecule has 0 saturated heterocycles. The molecule has 1 heterocycles. The molecule has 0 aliphatic heterocycles. The number of benzene rings is 2. The van der Waals surface area contributed by atoms with Crippen molar-refractivity contribution in [2.45, 2.75) is 0 Å². The average molecular weight is 368 g/mol. The number of amides is 1. The molecule has 9 heteroatoms. The highest BCUT2D eigenvalue weighted by atomic mass is 16.6. The second-order valence-corrected chi connectivity index (χ2v) is 5.45. The molecular weight excluding hydrogens is 352 g/mol. The van der Waals surface area contributed by atoms with E-state index in [2.05, 4.69) is 10.3 Å². The first kappa shape index (κ1) is 17.9. The van der Waals surface area contributed by atoms with Gasteiger partial charge in [-0.3, -0.25) is 14.9 Å². The number of nitrogens with zero attached hydrogens (tertiary/aromatic N) is 3. The number of anilines is 1. The first-order valence-corrected chi connectivity index (χ1v) is 7.83. The number of nitro benzene ring substituents is 1. The van der Waals surface area contributed by atoms with Gasteiger partial charge in [0.25, 0.3) is 11.6 Å². The molecule has 1 aromatic heterocycles. The standard InChI is InChI=1S/C18H16N4O5/c1-26-16-6-4-13(10-17(16)27-2)20-18(23)12-3-5-14(15(9-12)22(24)25)21-8-7-19-11-21/h3-11H,1-2H3,(H,20,23). The van der Waals surface area contributed by atoms with Crippen molar-refractivity contribution < 1.29 is 19.2 Å². The van der Waals surface area contributed by atoms with E-state index >= 15 is 0 Å². The van der Waals surface area contributed by atoms with E-state index in [-0.39, 0.29) is 11.3 Å². The van der Waals surface area contributed by atoms with Gasteiger partial charge in [0.1, 0.15) is 5.69 Å². The van der Waals surface area contributed by atoms with E-state index in [1.165, 1.54) is 49.5 Å². The zero-order valence-electron chi connectivity index (χ0n) is 14.6. The predicted octanol–water partition coefficient (Wildman–Crippen LogP) is 3.05. The number of hydrogen-bond donors (Lipinski definition) is 1. The van der Waals surface area contributed by atoms with Crippen LogP contribution in [0.2, 0.25) is 0 Å². The van der Waals surface area contributed by atoms with Gasteiger partial charge < -0.3 is 19.4 Å². The molecule has 0 bridgehead atoms. The minimum Gasteiger partial charge on any atom is -0.493 e. The van der Waals surface area contributed by atoms with Gasteiger partial charge in [0.15, 0.2) is 11.5 Å². The summed E-state index contributed by atoms with van der Waals surface area (Å²) >= 11 is 0. The number of imidazole rings is 1. The van der Waals surface area contributed by atoms with Gasteiger partial charge in [0.2, 0.25) is 0 Å². The maximum Gasteiger partial charge on any atom is 0.294 e. The van der Waals surface area contributed by atoms with Gasteiger partial charge in [-0.05, 0) is 24.3 Å². The summed E-state index contributed by atoms with van der Waals surface area (Å²) in [6, 6.07) is 9.14. The fourth-order valence-electron chi connectivity index (χ4n) is 2.55. The first-order chi connectivity index (χ1) is 13.0. The Bertz CT molecular complexity index is 985. The lowest BCUT2D eigenvalue weighted by molar-refractivity contribution is -0.384. The number of aromatic nitrogens is 2. The van der Waals surface area contributed by atoms with Crippen molar-refractivity contribution in [3.8, 4) is 17.2 Å². The lowest BCUT2D eigenvalue weighted by Crippen LogP contribution is -2.13. The summed E-state index contributed by atoms with van der Waals surface area (Å²) in [6.07, 6.45) is 4.55. The van der Waals surface area contributed by atoms with Crippen LogP contribution in [0.1, 0.15) is 10.4 Å². The van der Waals surface area contributed by atoms with Gasteiger partial charge in [-0.15, -0.1) is 0 Å². The van der Waals surface area contributed by atoms with Crippen LogP contribution in [0.4, 0.5) is 11.4 Å². The molecule has 2 aromatic carbocycles. The summed E-state index contributed by atoms with van der Waals surface area (Å²) in [4.78, 5) is 27.3. The molecule has 0 aliphatic rings. The zero-order chi connectivity index (χ0) is 19.4. The summed E-state index contributed by atoms with van der Waals surface area (Å²) in [5.74, 6) is 0.495. The summed E-state index contributed by atoms with van der Waals surface area (Å²) < 4.78 is 11.9. The topological polar surface area (TPSA) is 109 Å². The quantitative estimate of drug-likeness (QED) is 0.529. The molecule has 0 fully saturated rings. The Kier molecular flexibility index (Phi) is 5.02. The summed E-state index contributed by atoms with van der Waals surface area (Å²) in [5.41, 5.74) is 0.743. The second kappa shape index (κ2) is 7.56. The van der Waals surface area contributed by atoms with Crippen LogP contribution >= 0.6 is 0 Å². The van der Waals surface area contributed by atoms with E-state index in [4.69, 9.17) is 9.47 Å². The van der Waals surface area contributed by atoms with E-state index in [0.717, 1.165) is 0 Å². The molecule has 3 rings (SSSR count). The van der Waals surface area contributed by atoms with Crippen LogP contribution in [0.15, 0.2) is 55.1 Å². The average Bonchev–Trinajstić information content (AvgIpc) is 3.21. The van der Waals surface area contributed by atoms with Crippen LogP contribution in [-0.4, -0.2) is 34.6 Å². The monoisotopic (exact) mass is 368 g/mol. The first-order valence-electron chi connectivity index (χ1n) is 7.83. The van der Waals surface area contributed by atoms with Gasteiger partial charge in [0, 0.05) is 35.8 Å². The molecule has 0 unspecified atom stereocenters. The van der Waals surface area contributed by atoms with Gasteiger partial charge in [-0.2, -0.15) is 0 Å². The molecule has 3 aromatic rings. The van der Waals surface area contributed by atoms with E-state index in [1.54, 1.807) is 24.4 Å². The van der Waals surface area contributed by atoms with Crippen molar-refractivity contribution in [2.75, 3.05) is 19.5 Å². The highest BCUT2D eigenvalue weighted by molar-refractivity contribution is 6.05. The second-order valence-electron chi connectivity index (χ2n) is 5.45. The Morgan fingerprint density at radius 3 is 2.56 bits per heavy atom. The molecule has 138 valence electrons. The largest absolute Gasteiger partial charge is 0.493 e. The number of nitro groups is 1. The number of rotatable bonds is 6. The lowest BCUT2D eigenvalue weighted by atomic mass is 10.1. The maximum absolute atomic E-state index is 12.5. The van der Waals surface area contributed by atoms with E-state index in [1.807, 2.05) is 0 Å². The number of ether oxygens (including phenoxy) is 2. The molecular formula is C18H16N4O5. The molecule has 1 amide bonds. The third-order valence-corrected chi connectivity index (χ3v) is 3.86. The summed E-state index contributed by atoms with van der Waals surface area (Å²) in [5, 5.41) is 14.1. The SMILES string of the molecule is COc1ccc(NC(=O)c2ccc(-n3ccnc3)c([N+](=O)[O-])c2)cc1OC. The van der Waals surface area contributed by atoms with Crippen LogP contribution in [0.3, 0.4) is 0 Å². The third kappa shape index (κ3) is 3.71. The lowest BCUT2D eigenvalue weighted by Gasteiger charge is -2.11. The number of carbonyl (C=O) groups is 1. The highest BCUT2D eigenvalue weighted by Gasteiger charge is 2.19. The van der Waals surface area contributed by atoms with Crippen LogP contribution < -0.4 is 14.8 Å². The van der Waals surface area contributed by atoms with Crippen LogP contribution in [-0.2, 0) is 0 Å². The maximum atomic E-state index is 12.5. The van der Waals surface area contributed by atoms with Gasteiger partial charge in [-0.1, -0.05) is 0 Å². The van der Waals surface area contributed by atoms with Crippen LogP contribution in [0, 0.1) is 10.1 Å². The Morgan fingerprint density at radius 2 is 1.93 bits per heavy atom. The van der Waals surface area contributed by atoms with Crippen molar-refractivity contribution >= 4 is 17.3 Å². The van der Waals surface area contributed by atoms with Crippen molar-refractivity contribution in [3.63, 3.8) is 0 Å². The Morgan fingerprint density at radius 1 is 1.15 bits per heavy atom. The summed E-state index contributed by atoms with van der Waals surface area (Å²) in [6.45, 7) is 0. The molecule has 0 radical (unpaired) electrons. The Hall–Kier alpha value is -3.88. The third-order valence-electron chi connectivity index (χ3n) is 3.86. The minimum atomic E-state index is -0.539. The molecule has 0 saturated carbocycles. The van der Waals surface area contributed by atoms with Crippen molar-refractivity contribution in [3.05, 3.63) is 70.8 Å². The predicted molar refractivity (Wildman–Crippen MR) is 97.7 cm³/mol. The van der Waals surface area contributed by atoms with E-state index < -0.39 is 10.8 Å². The van der Waals surface area contributed by atoms with E-state index in [0.29, 0.717) is 22.9 Å². The molecule has 9 nitrogen and oxygen atoms in total. The summed E-state index contributed by atoms with van der Waals surface area (Å²) in [7, 11) is 3.00. The normalized spacial score (nSPS) is 10.3. The zero-order valence-corrected chi connectivity index (χ0v) is 14.6. The smallest absolute Gasteiger partial charge is 0.294 e. The molecule has 0 atom stereocenters. The van der Waals surface area contributed by atoms with Crippen LogP contribution in [0.5, 0.6) is 11.5 Å². The molecule has 0 spiro atoms. The van der Waals surface area contributed by atoms with Crippen molar-refractivity contribution in [2.24, 2.45) is 0 Å². The molecule has 1 N–H and O–H groups in total. The number of hydrogen-bond acceptors (Lipinski definition) is 6. The fourth-order valence-corrected chi connectivity index (χ4v) is 2.55. The van der Waals surface area contributed by atoms with Gasteiger partial charge in [-0.25, -0.2) is 4.98 Å². The number of methoxy groups -OCH3 is 2. The van der Waals surface area contributed by atoms with Crippen LogP contribution in [0.25, 0.3) is 5.69 Å². The fraction of sp³-hybridized carbons (Fsp3) is 0.111. The number of nitrogens with one attached hydrogen (secondary N) is 1. The van der Waals surface area contributed by atoms with Crippen molar-refractivity contribution in [1.82, 2.24) is 9.55 Å². The van der Waals surface area contributed by atoms with Gasteiger partial charge in [0.05, 0.1) is 25.5 Å². The Balaban J connectivity index is 1.89.